The van der Waals surface area contributed by atoms with E-state index in [9.17, 15) is 0 Å². The molecule has 0 aromatic heterocycles. The Labute approximate surface area is 178 Å². The van der Waals surface area contributed by atoms with Crippen molar-refractivity contribution in [3.8, 4) is 17.2 Å². The quantitative estimate of drug-likeness (QED) is 0.340. The van der Waals surface area contributed by atoms with Gasteiger partial charge < -0.3 is 24.8 Å². The molecule has 0 spiro atoms. The van der Waals surface area contributed by atoms with Gasteiger partial charge in [-0.2, -0.15) is 0 Å². The van der Waals surface area contributed by atoms with Crippen molar-refractivity contribution in [2.75, 3.05) is 27.9 Å². The molecule has 0 radical (unpaired) electrons. The van der Waals surface area contributed by atoms with E-state index in [0.717, 1.165) is 34.3 Å². The fraction of sp³-hybridized carbons (Fsp3) is 0.350. The van der Waals surface area contributed by atoms with Crippen molar-refractivity contribution >= 4 is 29.9 Å². The number of guanidine groups is 1. The first kappa shape index (κ1) is 22.9. The van der Waals surface area contributed by atoms with E-state index in [-0.39, 0.29) is 24.0 Å². The molecule has 2 aromatic rings. The highest BCUT2D eigenvalue weighted by molar-refractivity contribution is 14.0. The zero-order valence-corrected chi connectivity index (χ0v) is 18.6. The number of nitrogens with zero attached hydrogens (tertiary/aromatic N) is 1. The van der Waals surface area contributed by atoms with Crippen LogP contribution in [0.2, 0.25) is 0 Å². The predicted molar refractivity (Wildman–Crippen MR) is 120 cm³/mol. The number of methoxy groups -OCH3 is 2. The maximum atomic E-state index is 5.62. The van der Waals surface area contributed by atoms with E-state index in [2.05, 4.69) is 15.6 Å². The lowest BCUT2D eigenvalue weighted by molar-refractivity contribution is 0.310. The molecular weight excluding hydrogens is 457 g/mol. The lowest BCUT2D eigenvalue weighted by Crippen LogP contribution is -2.36. The van der Waals surface area contributed by atoms with Crippen LogP contribution in [0.15, 0.2) is 47.5 Å². The van der Waals surface area contributed by atoms with Crippen LogP contribution in [0.25, 0.3) is 0 Å². The van der Waals surface area contributed by atoms with Gasteiger partial charge in [0, 0.05) is 20.1 Å². The molecule has 0 amide bonds. The summed E-state index contributed by atoms with van der Waals surface area (Å²) >= 11 is 0. The highest BCUT2D eigenvalue weighted by Crippen LogP contribution is 2.27. The van der Waals surface area contributed by atoms with Crippen molar-refractivity contribution in [2.45, 2.75) is 20.0 Å². The first-order valence-corrected chi connectivity index (χ1v) is 8.57. The van der Waals surface area contributed by atoms with Gasteiger partial charge in [-0.3, -0.25) is 4.99 Å². The summed E-state index contributed by atoms with van der Waals surface area (Å²) < 4.78 is 16.2. The molecule has 2 aromatic carbocycles. The highest BCUT2D eigenvalue weighted by atomic mass is 127. The van der Waals surface area contributed by atoms with Gasteiger partial charge in [0.25, 0.3) is 0 Å². The van der Waals surface area contributed by atoms with Crippen LogP contribution < -0.4 is 24.8 Å². The zero-order chi connectivity index (χ0) is 18.8. The first-order valence-electron chi connectivity index (χ1n) is 8.57. The molecule has 0 atom stereocenters. The molecule has 0 bridgehead atoms. The molecule has 0 aliphatic heterocycles. The Morgan fingerprint density at radius 2 is 1.63 bits per heavy atom. The van der Waals surface area contributed by atoms with Gasteiger partial charge >= 0.3 is 0 Å². The molecular formula is C20H28IN3O3. The Morgan fingerprint density at radius 3 is 2.22 bits per heavy atom. The van der Waals surface area contributed by atoms with Crippen LogP contribution in [-0.4, -0.2) is 33.8 Å². The molecule has 2 N–H and O–H groups in total. The number of ether oxygens (including phenoxy) is 3. The Morgan fingerprint density at radius 1 is 0.926 bits per heavy atom. The second kappa shape index (κ2) is 12.3. The number of benzene rings is 2. The Bertz CT molecular complexity index is 738. The van der Waals surface area contributed by atoms with E-state index < -0.39 is 0 Å². The molecule has 0 aliphatic carbocycles. The van der Waals surface area contributed by atoms with E-state index in [1.165, 1.54) is 0 Å². The summed E-state index contributed by atoms with van der Waals surface area (Å²) in [5, 5.41) is 6.60. The van der Waals surface area contributed by atoms with Gasteiger partial charge in [-0.25, -0.2) is 0 Å². The van der Waals surface area contributed by atoms with Gasteiger partial charge in [-0.15, -0.1) is 24.0 Å². The fourth-order valence-electron chi connectivity index (χ4n) is 2.47. The Kier molecular flexibility index (Phi) is 10.4. The minimum absolute atomic E-state index is 0. The smallest absolute Gasteiger partial charge is 0.191 e. The predicted octanol–water partition coefficient (Wildman–Crippen LogP) is 3.59. The summed E-state index contributed by atoms with van der Waals surface area (Å²) in [6, 6.07) is 13.8. The first-order chi connectivity index (χ1) is 12.7. The number of hydrogen-bond acceptors (Lipinski definition) is 4. The molecule has 0 aliphatic rings. The van der Waals surface area contributed by atoms with Crippen molar-refractivity contribution in [2.24, 2.45) is 4.99 Å². The Balaban J connectivity index is 0.00000364. The van der Waals surface area contributed by atoms with E-state index >= 15 is 0 Å². The summed E-state index contributed by atoms with van der Waals surface area (Å²) in [5.41, 5.74) is 2.20. The topological polar surface area (TPSA) is 64.1 Å². The standard InChI is InChI=1S/C20H27N3O3.HI/c1-5-26-19-12-16(9-10-18(19)25-4)14-23-20(21-2)22-13-15-7-6-8-17(11-15)24-3;/h6-12H,5,13-14H2,1-4H3,(H2,21,22,23);1H. The zero-order valence-electron chi connectivity index (χ0n) is 16.2. The van der Waals surface area contributed by atoms with Crippen LogP contribution in [0.5, 0.6) is 17.2 Å². The molecule has 7 heteroatoms. The number of hydrogen-bond donors (Lipinski definition) is 2. The summed E-state index contributed by atoms with van der Waals surface area (Å²) in [5.74, 6) is 3.04. The van der Waals surface area contributed by atoms with Gasteiger partial charge in [-0.1, -0.05) is 18.2 Å². The lowest BCUT2D eigenvalue weighted by Gasteiger charge is -2.14. The molecule has 6 nitrogen and oxygen atoms in total. The third kappa shape index (κ3) is 7.16. The largest absolute Gasteiger partial charge is 0.497 e. The summed E-state index contributed by atoms with van der Waals surface area (Å²) in [6.07, 6.45) is 0. The van der Waals surface area contributed by atoms with Crippen LogP contribution in [0, 0.1) is 0 Å². The number of nitrogens with one attached hydrogen (secondary N) is 2. The normalized spacial score (nSPS) is 10.6. The van der Waals surface area contributed by atoms with E-state index in [1.807, 2.05) is 49.4 Å². The average molecular weight is 485 g/mol. The Hall–Kier alpha value is -2.16. The highest BCUT2D eigenvalue weighted by Gasteiger charge is 2.06. The lowest BCUT2D eigenvalue weighted by atomic mass is 10.2. The third-order valence-corrected chi connectivity index (χ3v) is 3.81. The van der Waals surface area contributed by atoms with Crippen molar-refractivity contribution in [1.82, 2.24) is 10.6 Å². The van der Waals surface area contributed by atoms with Gasteiger partial charge in [0.2, 0.25) is 0 Å². The van der Waals surface area contributed by atoms with Crippen molar-refractivity contribution in [3.05, 3.63) is 53.6 Å². The summed E-state index contributed by atoms with van der Waals surface area (Å²) in [6.45, 7) is 3.83. The second-order valence-electron chi connectivity index (χ2n) is 5.55. The van der Waals surface area contributed by atoms with Crippen LogP contribution in [0.3, 0.4) is 0 Å². The van der Waals surface area contributed by atoms with Gasteiger partial charge in [0.15, 0.2) is 17.5 Å². The van der Waals surface area contributed by atoms with Crippen LogP contribution >= 0.6 is 24.0 Å². The molecule has 0 unspecified atom stereocenters. The van der Waals surface area contributed by atoms with Crippen molar-refractivity contribution < 1.29 is 14.2 Å². The number of aliphatic imine (C=N–C) groups is 1. The molecule has 148 valence electrons. The molecule has 27 heavy (non-hydrogen) atoms. The summed E-state index contributed by atoms with van der Waals surface area (Å²) in [7, 11) is 5.05. The minimum atomic E-state index is 0. The fourth-order valence-corrected chi connectivity index (χ4v) is 2.47. The van der Waals surface area contributed by atoms with Crippen LogP contribution in [0.1, 0.15) is 18.1 Å². The van der Waals surface area contributed by atoms with Crippen molar-refractivity contribution in [3.63, 3.8) is 0 Å². The van der Waals surface area contributed by atoms with Crippen LogP contribution in [-0.2, 0) is 13.1 Å². The van der Waals surface area contributed by atoms with E-state index in [4.69, 9.17) is 14.2 Å². The molecule has 2 rings (SSSR count). The molecule has 0 fully saturated rings. The number of rotatable bonds is 8. The maximum Gasteiger partial charge on any atom is 0.191 e. The number of halogens is 1. The van der Waals surface area contributed by atoms with Crippen molar-refractivity contribution in [1.29, 1.82) is 0 Å². The van der Waals surface area contributed by atoms with E-state index in [0.29, 0.717) is 19.7 Å². The molecule has 0 heterocycles. The average Bonchev–Trinajstić information content (AvgIpc) is 2.68. The van der Waals surface area contributed by atoms with Crippen LogP contribution in [0.4, 0.5) is 0 Å². The summed E-state index contributed by atoms with van der Waals surface area (Å²) in [4.78, 5) is 4.26. The van der Waals surface area contributed by atoms with E-state index in [1.54, 1.807) is 21.3 Å². The maximum absolute atomic E-state index is 5.62. The monoisotopic (exact) mass is 485 g/mol. The van der Waals surface area contributed by atoms with Gasteiger partial charge in [0.1, 0.15) is 5.75 Å². The van der Waals surface area contributed by atoms with Gasteiger partial charge in [-0.05, 0) is 42.3 Å². The van der Waals surface area contributed by atoms with Gasteiger partial charge in [0.05, 0.1) is 20.8 Å². The SMILES string of the molecule is CCOc1cc(CNC(=NC)NCc2cccc(OC)c2)ccc1OC.I. The second-order valence-corrected chi connectivity index (χ2v) is 5.55. The molecule has 0 saturated carbocycles. The minimum Gasteiger partial charge on any atom is -0.497 e. The molecule has 0 saturated heterocycles. The third-order valence-electron chi connectivity index (χ3n) is 3.81.